The van der Waals surface area contributed by atoms with Gasteiger partial charge in [-0.05, 0) is 33.2 Å². The van der Waals surface area contributed by atoms with E-state index in [0.717, 1.165) is 13.1 Å². The lowest BCUT2D eigenvalue weighted by atomic mass is 9.97. The van der Waals surface area contributed by atoms with Crippen LogP contribution >= 0.6 is 0 Å². The van der Waals surface area contributed by atoms with Crippen molar-refractivity contribution in [3.8, 4) is 6.07 Å². The number of hydrogen-bond acceptors (Lipinski definition) is 3. The van der Waals surface area contributed by atoms with Crippen LogP contribution in [0.5, 0.6) is 0 Å². The van der Waals surface area contributed by atoms with Crippen LogP contribution in [0.1, 0.15) is 40.0 Å². The van der Waals surface area contributed by atoms with Crippen molar-refractivity contribution in [2.24, 2.45) is 0 Å². The lowest BCUT2D eigenvalue weighted by Gasteiger charge is -2.39. The van der Waals surface area contributed by atoms with Crippen molar-refractivity contribution in [3.05, 3.63) is 0 Å². The summed E-state index contributed by atoms with van der Waals surface area (Å²) < 4.78 is 0. The number of hydrogen-bond donors (Lipinski definition) is 1. The Morgan fingerprint density at radius 3 is 2.47 bits per heavy atom. The predicted molar refractivity (Wildman–Crippen MR) is 62.6 cm³/mol. The van der Waals surface area contributed by atoms with Gasteiger partial charge in [-0.2, -0.15) is 5.26 Å². The highest BCUT2D eigenvalue weighted by Gasteiger charge is 2.26. The Hall–Kier alpha value is -0.590. The van der Waals surface area contributed by atoms with E-state index in [4.69, 9.17) is 5.26 Å². The molecule has 1 aliphatic heterocycles. The first kappa shape index (κ1) is 12.5. The Labute approximate surface area is 93.5 Å². The molecule has 15 heavy (non-hydrogen) atoms. The van der Waals surface area contributed by atoms with Crippen LogP contribution in [0, 0.1) is 11.3 Å². The molecule has 0 radical (unpaired) electrons. The maximum atomic E-state index is 9.02. The smallest absolute Gasteiger partial charge is 0.108 e. The summed E-state index contributed by atoms with van der Waals surface area (Å²) >= 11 is 0. The average molecular weight is 209 g/mol. The molecule has 1 heterocycles. The largest absolute Gasteiger partial charge is 0.301 e. The topological polar surface area (TPSA) is 39.1 Å². The molecule has 3 atom stereocenters. The van der Waals surface area contributed by atoms with E-state index in [0.29, 0.717) is 12.1 Å². The number of likely N-dealkylation sites (tertiary alicyclic amines) is 1. The van der Waals surface area contributed by atoms with E-state index in [1.807, 2.05) is 6.92 Å². The summed E-state index contributed by atoms with van der Waals surface area (Å²) in [4.78, 5) is 2.47. The molecule has 0 saturated carbocycles. The molecule has 1 fully saturated rings. The Bertz CT molecular complexity index is 211. The van der Waals surface area contributed by atoms with Gasteiger partial charge in [0, 0.05) is 18.6 Å². The van der Waals surface area contributed by atoms with Crippen LogP contribution in [0.25, 0.3) is 0 Å². The Morgan fingerprint density at radius 1 is 1.40 bits per heavy atom. The van der Waals surface area contributed by atoms with Crippen LogP contribution in [0.15, 0.2) is 0 Å². The molecule has 3 nitrogen and oxygen atoms in total. The molecule has 3 unspecified atom stereocenters. The van der Waals surface area contributed by atoms with Gasteiger partial charge in [0.2, 0.25) is 0 Å². The number of rotatable bonds is 4. The Kier molecular flexibility index (Phi) is 5.07. The molecule has 1 saturated heterocycles. The van der Waals surface area contributed by atoms with Crippen LogP contribution in [-0.4, -0.2) is 36.1 Å². The molecule has 1 rings (SSSR count). The number of nitrogens with one attached hydrogen (secondary N) is 1. The third kappa shape index (κ3) is 3.48. The first-order valence-corrected chi connectivity index (χ1v) is 6.07. The van der Waals surface area contributed by atoms with Gasteiger partial charge in [0.25, 0.3) is 0 Å². The molecule has 3 heteroatoms. The van der Waals surface area contributed by atoms with Gasteiger partial charge in [-0.25, -0.2) is 0 Å². The maximum Gasteiger partial charge on any atom is 0.108 e. The molecule has 1 aliphatic rings. The minimum absolute atomic E-state index is 0.0157. The molecule has 86 valence electrons. The zero-order valence-corrected chi connectivity index (χ0v) is 10.2. The first-order valence-electron chi connectivity index (χ1n) is 6.07. The summed E-state index contributed by atoms with van der Waals surface area (Å²) in [7, 11) is 0. The molecular weight excluding hydrogens is 186 g/mol. The molecular formula is C12H23N3. The molecule has 0 aromatic rings. The van der Waals surface area contributed by atoms with Gasteiger partial charge in [-0.15, -0.1) is 0 Å². The fraction of sp³-hybridized carbons (Fsp3) is 0.917. The molecule has 1 N–H and O–H groups in total. The number of likely N-dealkylation sites (N-methyl/N-ethyl adjacent to an activating group) is 1. The van der Waals surface area contributed by atoms with Gasteiger partial charge in [0.1, 0.15) is 6.04 Å². The zero-order chi connectivity index (χ0) is 11.3. The monoisotopic (exact) mass is 209 g/mol. The highest BCUT2D eigenvalue weighted by atomic mass is 15.2. The van der Waals surface area contributed by atoms with E-state index in [1.165, 1.54) is 19.3 Å². The minimum Gasteiger partial charge on any atom is -0.301 e. The highest BCUT2D eigenvalue weighted by Crippen LogP contribution is 2.22. The summed E-state index contributed by atoms with van der Waals surface area (Å²) in [5.74, 6) is 0. The van der Waals surface area contributed by atoms with Gasteiger partial charge in [0.15, 0.2) is 0 Å². The van der Waals surface area contributed by atoms with Crippen LogP contribution in [0.4, 0.5) is 0 Å². The number of nitrogens with zero attached hydrogens (tertiary/aromatic N) is 2. The van der Waals surface area contributed by atoms with Crippen molar-refractivity contribution in [2.45, 2.75) is 58.2 Å². The fourth-order valence-electron chi connectivity index (χ4n) is 2.44. The summed E-state index contributed by atoms with van der Waals surface area (Å²) in [5.41, 5.74) is 0. The van der Waals surface area contributed by atoms with Crippen LogP contribution < -0.4 is 5.32 Å². The van der Waals surface area contributed by atoms with E-state index >= 15 is 0 Å². The van der Waals surface area contributed by atoms with Crippen LogP contribution in [0.3, 0.4) is 0 Å². The van der Waals surface area contributed by atoms with E-state index < -0.39 is 0 Å². The van der Waals surface area contributed by atoms with Crippen molar-refractivity contribution in [1.82, 2.24) is 10.2 Å². The number of nitriles is 1. The minimum atomic E-state index is -0.0157. The normalized spacial score (nSPS) is 29.7. The van der Waals surface area contributed by atoms with Crippen LogP contribution in [0.2, 0.25) is 0 Å². The lowest BCUT2D eigenvalue weighted by Crippen LogP contribution is -2.50. The second kappa shape index (κ2) is 6.09. The quantitative estimate of drug-likeness (QED) is 0.766. The van der Waals surface area contributed by atoms with Crippen molar-refractivity contribution in [3.63, 3.8) is 0 Å². The van der Waals surface area contributed by atoms with Gasteiger partial charge in [-0.1, -0.05) is 13.3 Å². The Balaban J connectivity index is 2.50. The van der Waals surface area contributed by atoms with E-state index in [2.05, 4.69) is 30.1 Å². The summed E-state index contributed by atoms with van der Waals surface area (Å²) in [6.07, 6.45) is 3.88. The van der Waals surface area contributed by atoms with Crippen LogP contribution in [-0.2, 0) is 0 Å². The highest BCUT2D eigenvalue weighted by molar-refractivity contribution is 4.94. The average Bonchev–Trinajstić information content (AvgIpc) is 2.22. The van der Waals surface area contributed by atoms with Crippen molar-refractivity contribution in [2.75, 3.05) is 13.1 Å². The molecule has 0 spiro atoms. The van der Waals surface area contributed by atoms with E-state index in [9.17, 15) is 0 Å². The molecule has 0 aromatic carbocycles. The zero-order valence-electron chi connectivity index (χ0n) is 10.2. The van der Waals surface area contributed by atoms with Crippen molar-refractivity contribution in [1.29, 1.82) is 5.26 Å². The second-order valence-electron chi connectivity index (χ2n) is 4.57. The van der Waals surface area contributed by atoms with Gasteiger partial charge < -0.3 is 5.32 Å². The van der Waals surface area contributed by atoms with Crippen molar-refractivity contribution < 1.29 is 0 Å². The summed E-state index contributed by atoms with van der Waals surface area (Å²) in [6.45, 7) is 8.33. The fourth-order valence-corrected chi connectivity index (χ4v) is 2.44. The molecule has 0 bridgehead atoms. The third-order valence-corrected chi connectivity index (χ3v) is 3.38. The summed E-state index contributed by atoms with van der Waals surface area (Å²) in [6, 6.07) is 3.58. The SMILES string of the molecule is CCNC(C#N)CN1C(C)CCCC1C. The standard InChI is InChI=1S/C12H23N3/c1-4-14-12(8-13)9-15-10(2)6-5-7-11(15)3/h10-12,14H,4-7,9H2,1-3H3. The Morgan fingerprint density at radius 2 is 2.00 bits per heavy atom. The summed E-state index contributed by atoms with van der Waals surface area (Å²) in [5, 5.41) is 12.2. The number of piperidine rings is 1. The van der Waals surface area contributed by atoms with Gasteiger partial charge in [-0.3, -0.25) is 4.90 Å². The second-order valence-corrected chi connectivity index (χ2v) is 4.57. The van der Waals surface area contributed by atoms with E-state index in [1.54, 1.807) is 0 Å². The molecule has 0 aromatic heterocycles. The third-order valence-electron chi connectivity index (χ3n) is 3.38. The lowest BCUT2D eigenvalue weighted by molar-refractivity contribution is 0.0977. The van der Waals surface area contributed by atoms with Crippen molar-refractivity contribution >= 4 is 0 Å². The molecule has 0 aliphatic carbocycles. The maximum absolute atomic E-state index is 9.02. The molecule has 0 amide bonds. The van der Waals surface area contributed by atoms with Gasteiger partial charge in [0.05, 0.1) is 6.07 Å². The predicted octanol–water partition coefficient (Wildman–Crippen LogP) is 1.75. The van der Waals surface area contributed by atoms with E-state index in [-0.39, 0.29) is 6.04 Å². The van der Waals surface area contributed by atoms with Gasteiger partial charge >= 0.3 is 0 Å². The first-order chi connectivity index (χ1) is 7.19.